The molecule has 2 N–H and O–H groups in total. The second-order valence-corrected chi connectivity index (χ2v) is 6.65. The third-order valence-electron chi connectivity index (χ3n) is 4.57. The van der Waals surface area contributed by atoms with Crippen molar-refractivity contribution in [3.63, 3.8) is 0 Å². The van der Waals surface area contributed by atoms with Gasteiger partial charge in [-0.1, -0.05) is 49.7 Å². The van der Waals surface area contributed by atoms with Crippen LogP contribution in [0.5, 0.6) is 0 Å². The first-order chi connectivity index (χ1) is 12.2. The van der Waals surface area contributed by atoms with Crippen molar-refractivity contribution < 1.29 is 0 Å². The topological polar surface area (TPSA) is 47.1 Å². The van der Waals surface area contributed by atoms with Crippen molar-refractivity contribution in [3.8, 4) is 11.4 Å². The van der Waals surface area contributed by atoms with E-state index in [0.717, 1.165) is 42.1 Å². The van der Waals surface area contributed by atoms with Crippen LogP contribution in [0.15, 0.2) is 48.5 Å². The molecular weight excluding hydrogens is 308 g/mol. The normalized spacial score (nSPS) is 11.5. The van der Waals surface area contributed by atoms with Crippen molar-refractivity contribution >= 4 is 11.0 Å². The van der Waals surface area contributed by atoms with Crippen LogP contribution in [0.1, 0.15) is 25.3 Å². The Morgan fingerprint density at radius 1 is 1.08 bits per heavy atom. The van der Waals surface area contributed by atoms with Gasteiger partial charge in [0.15, 0.2) is 0 Å². The van der Waals surface area contributed by atoms with Gasteiger partial charge in [0.25, 0.3) is 0 Å². The fourth-order valence-corrected chi connectivity index (χ4v) is 3.23. The van der Waals surface area contributed by atoms with Gasteiger partial charge in [0.05, 0.1) is 11.0 Å². The molecule has 0 bridgehead atoms. The zero-order chi connectivity index (χ0) is 17.6. The van der Waals surface area contributed by atoms with Crippen LogP contribution in [0.4, 0.5) is 0 Å². The molecule has 0 aliphatic carbocycles. The van der Waals surface area contributed by atoms with E-state index in [-0.39, 0.29) is 0 Å². The second kappa shape index (κ2) is 8.28. The van der Waals surface area contributed by atoms with Crippen LogP contribution in [0.3, 0.4) is 0 Å². The number of nitrogens with two attached hydrogens (primary N) is 1. The van der Waals surface area contributed by atoms with Gasteiger partial charge in [0.2, 0.25) is 0 Å². The number of unbranched alkanes of at least 4 members (excludes halogenated alkanes) is 1. The molecular formula is C21H28N4. The predicted molar refractivity (Wildman–Crippen MR) is 105 cm³/mol. The third kappa shape index (κ3) is 4.09. The average Bonchev–Trinajstić information content (AvgIpc) is 3.00. The highest BCUT2D eigenvalue weighted by molar-refractivity contribution is 5.80. The SMILES string of the molecule is CCCCN(C)Cc1ccc(-c2nc3ccccc3n2CCN)cc1. The molecule has 0 spiro atoms. The lowest BCUT2D eigenvalue weighted by molar-refractivity contribution is 0.321. The Balaban J connectivity index is 1.84. The van der Waals surface area contributed by atoms with Crippen molar-refractivity contribution in [2.75, 3.05) is 20.1 Å². The monoisotopic (exact) mass is 336 g/mol. The molecule has 0 amide bonds. The van der Waals surface area contributed by atoms with E-state index in [1.54, 1.807) is 0 Å². The van der Waals surface area contributed by atoms with E-state index in [9.17, 15) is 0 Å². The maximum atomic E-state index is 5.82. The van der Waals surface area contributed by atoms with Gasteiger partial charge in [0.1, 0.15) is 5.82 Å². The molecule has 0 unspecified atom stereocenters. The number of hydrogen-bond acceptors (Lipinski definition) is 3. The molecule has 3 aromatic rings. The number of para-hydroxylation sites is 2. The van der Waals surface area contributed by atoms with Crippen molar-refractivity contribution in [1.29, 1.82) is 0 Å². The van der Waals surface area contributed by atoms with Crippen LogP contribution < -0.4 is 5.73 Å². The van der Waals surface area contributed by atoms with Crippen molar-refractivity contribution in [3.05, 3.63) is 54.1 Å². The summed E-state index contributed by atoms with van der Waals surface area (Å²) in [4.78, 5) is 7.21. The van der Waals surface area contributed by atoms with Gasteiger partial charge in [-0.2, -0.15) is 0 Å². The molecule has 2 aromatic carbocycles. The van der Waals surface area contributed by atoms with Crippen LogP contribution in [0.2, 0.25) is 0 Å². The average molecular weight is 336 g/mol. The maximum Gasteiger partial charge on any atom is 0.141 e. The number of imidazole rings is 1. The molecule has 0 aliphatic heterocycles. The fraction of sp³-hybridized carbons (Fsp3) is 0.381. The lowest BCUT2D eigenvalue weighted by Gasteiger charge is -2.16. The quantitative estimate of drug-likeness (QED) is 0.679. The Kier molecular flexibility index (Phi) is 5.84. The largest absolute Gasteiger partial charge is 0.329 e. The third-order valence-corrected chi connectivity index (χ3v) is 4.57. The molecule has 0 radical (unpaired) electrons. The van der Waals surface area contributed by atoms with Gasteiger partial charge in [-0.15, -0.1) is 0 Å². The van der Waals surface area contributed by atoms with E-state index in [1.807, 2.05) is 6.07 Å². The molecule has 0 fully saturated rings. The van der Waals surface area contributed by atoms with Gasteiger partial charge in [-0.05, 0) is 37.7 Å². The number of nitrogens with zero attached hydrogens (tertiary/aromatic N) is 3. The smallest absolute Gasteiger partial charge is 0.141 e. The summed E-state index contributed by atoms with van der Waals surface area (Å²) in [5.74, 6) is 0.998. The first kappa shape index (κ1) is 17.6. The van der Waals surface area contributed by atoms with Gasteiger partial charge >= 0.3 is 0 Å². The molecule has 132 valence electrons. The number of aromatic nitrogens is 2. The highest BCUT2D eigenvalue weighted by Crippen LogP contribution is 2.25. The highest BCUT2D eigenvalue weighted by atomic mass is 15.1. The van der Waals surface area contributed by atoms with Crippen LogP contribution in [0, 0.1) is 0 Å². The van der Waals surface area contributed by atoms with Gasteiger partial charge in [-0.3, -0.25) is 0 Å². The Hall–Kier alpha value is -2.17. The molecule has 4 heteroatoms. The maximum absolute atomic E-state index is 5.82. The molecule has 0 atom stereocenters. The Labute approximate surface area is 150 Å². The zero-order valence-electron chi connectivity index (χ0n) is 15.3. The summed E-state index contributed by atoms with van der Waals surface area (Å²) in [5, 5.41) is 0. The van der Waals surface area contributed by atoms with Crippen molar-refractivity contribution in [1.82, 2.24) is 14.5 Å². The lowest BCUT2D eigenvalue weighted by Crippen LogP contribution is -2.18. The van der Waals surface area contributed by atoms with Gasteiger partial charge in [0, 0.05) is 25.2 Å². The standard InChI is InChI=1S/C21H28N4/c1-3-4-14-24(2)16-17-9-11-18(12-10-17)21-23-19-7-5-6-8-20(19)25(21)15-13-22/h5-12H,3-4,13-16,22H2,1-2H3. The van der Waals surface area contributed by atoms with E-state index in [1.165, 1.54) is 18.4 Å². The summed E-state index contributed by atoms with van der Waals surface area (Å²) in [6.07, 6.45) is 2.48. The molecule has 0 aliphatic rings. The number of hydrogen-bond donors (Lipinski definition) is 1. The molecule has 1 aromatic heterocycles. The van der Waals surface area contributed by atoms with E-state index in [2.05, 4.69) is 65.9 Å². The lowest BCUT2D eigenvalue weighted by atomic mass is 10.1. The van der Waals surface area contributed by atoms with E-state index in [0.29, 0.717) is 6.54 Å². The van der Waals surface area contributed by atoms with E-state index >= 15 is 0 Å². The number of fused-ring (bicyclic) bond motifs is 1. The predicted octanol–water partition coefficient (Wildman–Crippen LogP) is 3.89. The first-order valence-electron chi connectivity index (χ1n) is 9.16. The van der Waals surface area contributed by atoms with Crippen molar-refractivity contribution in [2.45, 2.75) is 32.9 Å². The zero-order valence-corrected chi connectivity index (χ0v) is 15.3. The van der Waals surface area contributed by atoms with Crippen LogP contribution in [-0.4, -0.2) is 34.6 Å². The molecule has 0 saturated carbocycles. The fourth-order valence-electron chi connectivity index (χ4n) is 3.23. The van der Waals surface area contributed by atoms with Crippen LogP contribution >= 0.6 is 0 Å². The Morgan fingerprint density at radius 3 is 2.56 bits per heavy atom. The van der Waals surface area contributed by atoms with Gasteiger partial charge in [-0.25, -0.2) is 4.98 Å². The highest BCUT2D eigenvalue weighted by Gasteiger charge is 2.12. The summed E-state index contributed by atoms with van der Waals surface area (Å²) < 4.78 is 2.22. The van der Waals surface area contributed by atoms with E-state index in [4.69, 9.17) is 10.7 Å². The Morgan fingerprint density at radius 2 is 1.84 bits per heavy atom. The molecule has 4 nitrogen and oxygen atoms in total. The molecule has 1 heterocycles. The second-order valence-electron chi connectivity index (χ2n) is 6.65. The molecule has 0 saturated heterocycles. The summed E-state index contributed by atoms with van der Waals surface area (Å²) in [6, 6.07) is 17.0. The summed E-state index contributed by atoms with van der Waals surface area (Å²) in [6.45, 7) is 5.74. The summed E-state index contributed by atoms with van der Waals surface area (Å²) in [5.41, 5.74) is 10.5. The van der Waals surface area contributed by atoms with Gasteiger partial charge < -0.3 is 15.2 Å². The van der Waals surface area contributed by atoms with E-state index < -0.39 is 0 Å². The minimum Gasteiger partial charge on any atom is -0.329 e. The van der Waals surface area contributed by atoms with Crippen LogP contribution in [0.25, 0.3) is 22.4 Å². The molecule has 3 rings (SSSR count). The van der Waals surface area contributed by atoms with Crippen molar-refractivity contribution in [2.24, 2.45) is 5.73 Å². The summed E-state index contributed by atoms with van der Waals surface area (Å²) in [7, 11) is 2.18. The minimum absolute atomic E-state index is 0.605. The number of benzene rings is 2. The first-order valence-corrected chi connectivity index (χ1v) is 9.16. The molecule has 25 heavy (non-hydrogen) atoms. The minimum atomic E-state index is 0.605. The number of rotatable bonds is 8. The van der Waals surface area contributed by atoms with Crippen LogP contribution in [-0.2, 0) is 13.1 Å². The Bertz CT molecular complexity index is 804. The summed E-state index contributed by atoms with van der Waals surface area (Å²) >= 11 is 0.